The number of anilines is 2. The van der Waals surface area contributed by atoms with Gasteiger partial charge in [-0.2, -0.15) is 13.2 Å². The van der Waals surface area contributed by atoms with Gasteiger partial charge < -0.3 is 24.1 Å². The van der Waals surface area contributed by atoms with Gasteiger partial charge >= 0.3 is 13.3 Å². The van der Waals surface area contributed by atoms with E-state index in [0.29, 0.717) is 11.0 Å². The lowest BCUT2D eigenvalue weighted by atomic mass is 9.79. The van der Waals surface area contributed by atoms with E-state index in [1.807, 2.05) is 45.9 Å². The molecule has 1 aromatic heterocycles. The summed E-state index contributed by atoms with van der Waals surface area (Å²) < 4.78 is 51.1. The Morgan fingerprint density at radius 2 is 1.38 bits per heavy atom. The lowest BCUT2D eigenvalue weighted by molar-refractivity contribution is -0.144. The minimum absolute atomic E-state index is 0.325. The van der Waals surface area contributed by atoms with E-state index >= 15 is 0 Å². The quantitative estimate of drug-likeness (QED) is 0.579. The topological polar surface area (TPSA) is 53.6 Å². The maximum atomic E-state index is 12.9. The highest BCUT2D eigenvalue weighted by Crippen LogP contribution is 2.36. The van der Waals surface area contributed by atoms with E-state index in [1.54, 1.807) is 12.1 Å². The second-order valence-electron chi connectivity index (χ2n) is 9.94. The molecular weight excluding hydrogens is 444 g/mol. The van der Waals surface area contributed by atoms with E-state index in [1.165, 1.54) is 0 Å². The molecule has 0 aliphatic carbocycles. The zero-order valence-electron chi connectivity index (χ0n) is 19.7. The molecule has 6 nitrogen and oxygen atoms in total. The molecule has 5 rings (SSSR count). The van der Waals surface area contributed by atoms with Gasteiger partial charge in [-0.25, -0.2) is 4.98 Å². The number of nitrogens with one attached hydrogen (secondary N) is 1. The van der Waals surface area contributed by atoms with Crippen LogP contribution >= 0.6 is 0 Å². The molecular formula is C24H28BF3N4O2. The van der Waals surface area contributed by atoms with Crippen LogP contribution in [0.3, 0.4) is 0 Å². The Morgan fingerprint density at radius 3 is 1.94 bits per heavy atom. The maximum absolute atomic E-state index is 12.9. The van der Waals surface area contributed by atoms with E-state index in [2.05, 4.69) is 31.9 Å². The lowest BCUT2D eigenvalue weighted by Crippen LogP contribution is -2.46. The van der Waals surface area contributed by atoms with Crippen molar-refractivity contribution in [1.82, 2.24) is 9.97 Å². The number of hydrogen-bond acceptors (Lipinski definition) is 5. The van der Waals surface area contributed by atoms with Gasteiger partial charge in [0.1, 0.15) is 0 Å². The molecule has 0 spiro atoms. The van der Waals surface area contributed by atoms with Crippen molar-refractivity contribution in [3.8, 4) is 0 Å². The smallest absolute Gasteiger partial charge is 0.399 e. The third-order valence-electron chi connectivity index (χ3n) is 7.16. The molecule has 10 heteroatoms. The molecule has 2 saturated heterocycles. The van der Waals surface area contributed by atoms with Crippen LogP contribution in [0.5, 0.6) is 0 Å². The third kappa shape index (κ3) is 4.13. The molecule has 0 bridgehead atoms. The van der Waals surface area contributed by atoms with Gasteiger partial charge in [0.15, 0.2) is 0 Å². The Morgan fingerprint density at radius 1 is 0.853 bits per heavy atom. The van der Waals surface area contributed by atoms with Crippen molar-refractivity contribution < 1.29 is 22.5 Å². The summed E-state index contributed by atoms with van der Waals surface area (Å²) in [6.45, 7) is 11.3. The van der Waals surface area contributed by atoms with Crippen LogP contribution < -0.4 is 15.3 Å². The van der Waals surface area contributed by atoms with Crippen molar-refractivity contribution in [2.45, 2.75) is 45.1 Å². The average Bonchev–Trinajstić information content (AvgIpc) is 3.31. The molecule has 2 aromatic carbocycles. The van der Waals surface area contributed by atoms with Crippen LogP contribution in [0, 0.1) is 0 Å². The number of aromatic amines is 1. The maximum Gasteiger partial charge on any atom is 0.494 e. The van der Waals surface area contributed by atoms with Crippen molar-refractivity contribution in [3.63, 3.8) is 0 Å². The predicted octanol–water partition coefficient (Wildman–Crippen LogP) is 4.21. The highest BCUT2D eigenvalue weighted by molar-refractivity contribution is 6.62. The average molecular weight is 472 g/mol. The Bertz CT molecular complexity index is 1170. The molecule has 0 unspecified atom stereocenters. The summed E-state index contributed by atoms with van der Waals surface area (Å²) in [4.78, 5) is 10.6. The summed E-state index contributed by atoms with van der Waals surface area (Å²) in [5.74, 6) is -0.964. The first-order valence-corrected chi connectivity index (χ1v) is 11.5. The molecule has 2 aliphatic rings. The van der Waals surface area contributed by atoms with E-state index in [4.69, 9.17) is 9.31 Å². The summed E-state index contributed by atoms with van der Waals surface area (Å²) >= 11 is 0. The Labute approximate surface area is 197 Å². The number of rotatable bonds is 3. The Balaban J connectivity index is 1.23. The highest BCUT2D eigenvalue weighted by atomic mass is 19.4. The van der Waals surface area contributed by atoms with Crippen LogP contribution in [0.15, 0.2) is 42.5 Å². The van der Waals surface area contributed by atoms with Crippen molar-refractivity contribution in [1.29, 1.82) is 0 Å². The molecule has 180 valence electrons. The summed E-state index contributed by atoms with van der Waals surface area (Å²) in [5.41, 5.74) is 2.95. The first-order valence-electron chi connectivity index (χ1n) is 11.5. The number of halogens is 3. The molecule has 2 aliphatic heterocycles. The number of hydrogen-bond donors (Lipinski definition) is 1. The first kappa shape index (κ1) is 23.0. The van der Waals surface area contributed by atoms with Gasteiger partial charge in [-0.05, 0) is 63.5 Å². The van der Waals surface area contributed by atoms with Gasteiger partial charge in [-0.1, -0.05) is 12.1 Å². The normalized spacial score (nSPS) is 20.4. The minimum atomic E-state index is -4.48. The third-order valence-corrected chi connectivity index (χ3v) is 7.16. The van der Waals surface area contributed by atoms with Crippen molar-refractivity contribution in [2.24, 2.45) is 0 Å². The number of H-pyrrole nitrogens is 1. The molecule has 0 amide bonds. The van der Waals surface area contributed by atoms with E-state index < -0.39 is 12.0 Å². The standard InChI is InChI=1S/C24H28BF3N4O2/c1-22(2)23(3,4)34-25(33-22)16-5-7-17(8-6-16)31-11-13-32(14-12-31)18-9-10-19-20(15-18)30-21(29-19)24(26,27)28/h5-10,15H,11-14H2,1-4H3,(H,29,30). The van der Waals surface area contributed by atoms with Gasteiger partial charge in [-0.3, -0.25) is 0 Å². The largest absolute Gasteiger partial charge is 0.494 e. The number of aromatic nitrogens is 2. The predicted molar refractivity (Wildman–Crippen MR) is 128 cm³/mol. The molecule has 34 heavy (non-hydrogen) atoms. The fourth-order valence-electron chi connectivity index (χ4n) is 4.37. The van der Waals surface area contributed by atoms with Crippen LogP contribution in [0.2, 0.25) is 0 Å². The Hall–Kier alpha value is -2.72. The number of nitrogens with zero attached hydrogens (tertiary/aromatic N) is 3. The SMILES string of the molecule is CC1(C)OB(c2ccc(N3CCN(c4ccc5[nH]c(C(F)(F)F)nc5c4)CC3)cc2)OC1(C)C. The molecule has 0 saturated carbocycles. The van der Waals surface area contributed by atoms with Gasteiger partial charge in [0, 0.05) is 37.6 Å². The van der Waals surface area contributed by atoms with Gasteiger partial charge in [0.25, 0.3) is 0 Å². The lowest BCUT2D eigenvalue weighted by Gasteiger charge is -2.37. The Kier molecular flexibility index (Phi) is 5.36. The number of fused-ring (bicyclic) bond motifs is 1. The van der Waals surface area contributed by atoms with Gasteiger partial charge in [0.05, 0.1) is 22.2 Å². The molecule has 0 atom stereocenters. The van der Waals surface area contributed by atoms with E-state index in [0.717, 1.165) is 43.0 Å². The van der Waals surface area contributed by atoms with E-state index in [-0.39, 0.29) is 18.3 Å². The van der Waals surface area contributed by atoms with Crippen LogP contribution in [-0.4, -0.2) is 54.5 Å². The summed E-state index contributed by atoms with van der Waals surface area (Å²) in [5, 5.41) is 0. The summed E-state index contributed by atoms with van der Waals surface area (Å²) in [6.07, 6.45) is -4.48. The highest BCUT2D eigenvalue weighted by Gasteiger charge is 2.51. The zero-order valence-corrected chi connectivity index (χ0v) is 19.7. The van der Waals surface area contributed by atoms with Crippen molar-refractivity contribution >= 4 is 35.0 Å². The minimum Gasteiger partial charge on any atom is -0.399 e. The number of imidazole rings is 1. The number of piperazine rings is 1. The molecule has 0 radical (unpaired) electrons. The fraction of sp³-hybridized carbons (Fsp3) is 0.458. The monoisotopic (exact) mass is 472 g/mol. The molecule has 3 aromatic rings. The summed E-state index contributed by atoms with van der Waals surface area (Å²) in [6, 6.07) is 13.5. The molecule has 2 fully saturated rings. The van der Waals surface area contributed by atoms with Crippen molar-refractivity contribution in [3.05, 3.63) is 48.3 Å². The van der Waals surface area contributed by atoms with Crippen LogP contribution in [-0.2, 0) is 15.5 Å². The number of benzene rings is 2. The number of alkyl halides is 3. The second-order valence-corrected chi connectivity index (χ2v) is 9.94. The fourth-order valence-corrected chi connectivity index (χ4v) is 4.37. The summed E-state index contributed by atoms with van der Waals surface area (Å²) in [7, 11) is -0.384. The zero-order chi connectivity index (χ0) is 24.3. The van der Waals surface area contributed by atoms with Crippen LogP contribution in [0.1, 0.15) is 33.5 Å². The van der Waals surface area contributed by atoms with E-state index in [9.17, 15) is 13.2 Å². The van der Waals surface area contributed by atoms with Crippen LogP contribution in [0.25, 0.3) is 11.0 Å². The van der Waals surface area contributed by atoms with Gasteiger partial charge in [-0.15, -0.1) is 0 Å². The second kappa shape index (κ2) is 7.91. The van der Waals surface area contributed by atoms with Gasteiger partial charge in [0.2, 0.25) is 5.82 Å². The molecule has 1 N–H and O–H groups in total. The molecule has 3 heterocycles. The van der Waals surface area contributed by atoms with Crippen molar-refractivity contribution in [2.75, 3.05) is 36.0 Å². The first-order chi connectivity index (χ1) is 15.9. The van der Waals surface area contributed by atoms with Crippen LogP contribution in [0.4, 0.5) is 24.5 Å².